The first-order chi connectivity index (χ1) is 26.3. The maximum Gasteiger partial charge on any atom is 0.514 e. The van der Waals surface area contributed by atoms with Gasteiger partial charge < -0.3 is 29.0 Å². The minimum Gasteiger partial charge on any atom is -0.444 e. The molecular formula is C39H52F2N6O10. The molecule has 0 radical (unpaired) electrons. The van der Waals surface area contributed by atoms with Gasteiger partial charge in [-0.25, -0.2) is 32.7 Å². The largest absolute Gasteiger partial charge is 0.514 e. The number of amides is 2. The number of carbonyl (C=O) groups is 3. The molecule has 1 aliphatic rings. The number of alkyl carbamates (subject to hydrolysis) is 1. The third-order valence-electron chi connectivity index (χ3n) is 8.43. The number of alkyl halides is 2. The lowest BCUT2D eigenvalue weighted by Gasteiger charge is -2.30. The number of halogens is 2. The van der Waals surface area contributed by atoms with E-state index >= 15 is 0 Å². The third kappa shape index (κ3) is 12.8. The van der Waals surface area contributed by atoms with Crippen molar-refractivity contribution in [1.29, 1.82) is 0 Å². The zero-order chi connectivity index (χ0) is 42.5. The van der Waals surface area contributed by atoms with Crippen LogP contribution in [0.3, 0.4) is 0 Å². The molecule has 2 amide bonds. The number of hydrogen-bond donors (Lipinski definition) is 1. The Kier molecular flexibility index (Phi) is 13.5. The number of non-ortho nitro benzene ring substituents is 1. The van der Waals surface area contributed by atoms with Gasteiger partial charge >= 0.3 is 18.3 Å². The van der Waals surface area contributed by atoms with Gasteiger partial charge in [0.1, 0.15) is 35.5 Å². The molecule has 0 saturated heterocycles. The summed E-state index contributed by atoms with van der Waals surface area (Å²) >= 11 is 0. The van der Waals surface area contributed by atoms with Crippen LogP contribution in [-0.4, -0.2) is 73.9 Å². The molecule has 1 N–H and O–H groups in total. The van der Waals surface area contributed by atoms with E-state index in [9.17, 15) is 33.3 Å². The van der Waals surface area contributed by atoms with Gasteiger partial charge in [0.15, 0.2) is 0 Å². The Morgan fingerprint density at radius 3 is 2.23 bits per heavy atom. The molecule has 1 aromatic carbocycles. The Morgan fingerprint density at radius 2 is 1.63 bits per heavy atom. The highest BCUT2D eigenvalue weighted by molar-refractivity contribution is 5.95. The fourth-order valence-corrected chi connectivity index (χ4v) is 5.78. The van der Waals surface area contributed by atoms with Crippen molar-refractivity contribution >= 4 is 35.5 Å². The zero-order valence-electron chi connectivity index (χ0n) is 34.0. The van der Waals surface area contributed by atoms with E-state index < -0.39 is 64.7 Å². The van der Waals surface area contributed by atoms with Crippen LogP contribution < -0.4 is 15.0 Å². The van der Waals surface area contributed by atoms with Gasteiger partial charge in [0.05, 0.1) is 40.2 Å². The number of carbonyl (C=O) groups excluding carboxylic acids is 3. The molecule has 0 spiro atoms. The van der Waals surface area contributed by atoms with Gasteiger partial charge in [-0.3, -0.25) is 15.1 Å². The molecule has 2 aromatic heterocycles. The summed E-state index contributed by atoms with van der Waals surface area (Å²) in [5.74, 6) is -3.16. The van der Waals surface area contributed by atoms with Crippen LogP contribution in [0.25, 0.3) is 0 Å². The summed E-state index contributed by atoms with van der Waals surface area (Å²) < 4.78 is 58.7. The molecule has 1 fully saturated rings. The van der Waals surface area contributed by atoms with Crippen molar-refractivity contribution in [2.75, 3.05) is 11.5 Å². The second kappa shape index (κ2) is 17.4. The van der Waals surface area contributed by atoms with Crippen LogP contribution in [-0.2, 0) is 31.1 Å². The first-order valence-electron chi connectivity index (χ1n) is 18.5. The van der Waals surface area contributed by atoms with E-state index in [4.69, 9.17) is 28.8 Å². The van der Waals surface area contributed by atoms with Crippen molar-refractivity contribution in [2.24, 2.45) is 0 Å². The van der Waals surface area contributed by atoms with Crippen LogP contribution in [0, 0.1) is 10.1 Å². The molecule has 312 valence electrons. The lowest BCUT2D eigenvalue weighted by atomic mass is 10.0. The third-order valence-corrected chi connectivity index (χ3v) is 8.43. The van der Waals surface area contributed by atoms with Crippen LogP contribution in [0.4, 0.5) is 40.4 Å². The Bertz CT molecular complexity index is 1900. The van der Waals surface area contributed by atoms with Gasteiger partial charge in [0.2, 0.25) is 0 Å². The number of hydrogen-bond acceptors (Lipinski definition) is 12. The maximum atomic E-state index is 15.0. The molecule has 1 aliphatic carbocycles. The molecule has 16 nitrogen and oxygen atoms in total. The minimum absolute atomic E-state index is 0.0990. The normalized spacial score (nSPS) is 16.7. The Morgan fingerprint density at radius 1 is 0.982 bits per heavy atom. The molecule has 0 aliphatic heterocycles. The molecule has 2 heterocycles. The number of nitro benzene ring substituents is 1. The van der Waals surface area contributed by atoms with Crippen molar-refractivity contribution in [2.45, 2.75) is 136 Å². The number of aromatic nitrogens is 3. The van der Waals surface area contributed by atoms with E-state index in [-0.39, 0.29) is 29.7 Å². The number of nitro groups is 1. The van der Waals surface area contributed by atoms with E-state index in [1.807, 2.05) is 20.8 Å². The average molecular weight is 803 g/mol. The fraction of sp³-hybridized carbons (Fsp3) is 0.564. The monoisotopic (exact) mass is 802 g/mol. The summed E-state index contributed by atoms with van der Waals surface area (Å²) in [4.78, 5) is 54.6. The predicted octanol–water partition coefficient (Wildman–Crippen LogP) is 8.93. The first-order valence-corrected chi connectivity index (χ1v) is 18.5. The van der Waals surface area contributed by atoms with Crippen LogP contribution in [0.5, 0.6) is 5.75 Å². The van der Waals surface area contributed by atoms with E-state index in [0.717, 1.165) is 6.92 Å². The summed E-state index contributed by atoms with van der Waals surface area (Å²) in [5.41, 5.74) is -1.36. The smallest absolute Gasteiger partial charge is 0.444 e. The highest BCUT2D eigenvalue weighted by Gasteiger charge is 2.39. The number of ether oxygens (including phenoxy) is 5. The second-order valence-corrected chi connectivity index (χ2v) is 16.8. The van der Waals surface area contributed by atoms with Crippen LogP contribution >= 0.6 is 0 Å². The molecule has 3 atom stereocenters. The topological polar surface area (TPSA) is 186 Å². The van der Waals surface area contributed by atoms with Gasteiger partial charge in [0.25, 0.3) is 11.6 Å². The number of benzene rings is 1. The molecule has 4 rings (SSSR count). The molecule has 0 bridgehead atoms. The van der Waals surface area contributed by atoms with E-state index in [1.165, 1.54) is 41.4 Å². The molecular weight excluding hydrogens is 750 g/mol. The van der Waals surface area contributed by atoms with E-state index in [0.29, 0.717) is 36.5 Å². The van der Waals surface area contributed by atoms with Gasteiger partial charge in [-0.05, 0) is 113 Å². The summed E-state index contributed by atoms with van der Waals surface area (Å²) in [7, 11) is 0. The van der Waals surface area contributed by atoms with Gasteiger partial charge in [-0.15, -0.1) is 0 Å². The van der Waals surface area contributed by atoms with Crippen LogP contribution in [0.1, 0.15) is 106 Å². The summed E-state index contributed by atoms with van der Waals surface area (Å²) in [6.07, 6.45) is -0.207. The molecule has 1 saturated carbocycles. The van der Waals surface area contributed by atoms with E-state index in [1.54, 1.807) is 58.4 Å². The molecule has 3 aromatic rings. The average Bonchev–Trinajstić information content (AvgIpc) is 3.71. The number of pyridine rings is 1. The maximum absolute atomic E-state index is 15.0. The Labute approximate surface area is 330 Å². The molecule has 18 heteroatoms. The van der Waals surface area contributed by atoms with Gasteiger partial charge in [-0.2, -0.15) is 5.10 Å². The SMILES string of the molecule is CC(NC(=O)OC(C)(C)C)C(F)(F)COCc1cc(N(C(=O)OC(C)(C)C)c2cc([C@H]3CC[C@@H](OC(=O)Oc4ccc([N+](=O)[O-])cc4)C3)nn2C(C)(C)C)ccn1. The highest BCUT2D eigenvalue weighted by Crippen LogP contribution is 2.40. The van der Waals surface area contributed by atoms with Gasteiger partial charge in [0, 0.05) is 30.3 Å². The zero-order valence-corrected chi connectivity index (χ0v) is 34.0. The molecule has 57 heavy (non-hydrogen) atoms. The summed E-state index contributed by atoms with van der Waals surface area (Å²) in [5, 5.41) is 18.0. The quantitative estimate of drug-likeness (QED) is 0.0603. The van der Waals surface area contributed by atoms with Gasteiger partial charge in [-0.1, -0.05) is 0 Å². The number of nitrogens with one attached hydrogen (secondary N) is 1. The predicted molar refractivity (Wildman–Crippen MR) is 204 cm³/mol. The number of rotatable bonds is 12. The number of nitrogens with zero attached hydrogens (tertiary/aromatic N) is 5. The lowest BCUT2D eigenvalue weighted by Crippen LogP contribution is -2.49. The number of anilines is 2. The Balaban J connectivity index is 1.53. The Hall–Kier alpha value is -5.39. The van der Waals surface area contributed by atoms with Crippen molar-refractivity contribution in [3.05, 3.63) is 70.2 Å². The van der Waals surface area contributed by atoms with Crippen molar-refractivity contribution in [3.63, 3.8) is 0 Å². The highest BCUT2D eigenvalue weighted by atomic mass is 19.3. The van der Waals surface area contributed by atoms with Crippen molar-refractivity contribution in [3.8, 4) is 5.75 Å². The van der Waals surface area contributed by atoms with Crippen LogP contribution in [0.15, 0.2) is 48.7 Å². The minimum atomic E-state index is -3.45. The molecule has 1 unspecified atom stereocenters. The summed E-state index contributed by atoms with van der Waals surface area (Å²) in [6, 6.07) is 8.33. The summed E-state index contributed by atoms with van der Waals surface area (Å²) in [6.45, 7) is 15.6. The fourth-order valence-electron chi connectivity index (χ4n) is 5.78. The van der Waals surface area contributed by atoms with Crippen molar-refractivity contribution in [1.82, 2.24) is 20.1 Å². The standard InChI is InChI=1S/C39H52F2N6O10/c1-24(43-33(48)56-37(5,6)7)39(40,41)23-53-22-26-20-28(17-18-42-26)45(34(49)57-38(8,9)10)32-21-31(44-46(32)36(2,3)4)25-11-14-30(19-25)55-35(50)54-29-15-12-27(13-16-29)47(51)52/h12-13,15-18,20-21,24-25,30H,11,14,19,22-23H2,1-10H3,(H,43,48)/t24?,25-,30+/m0/s1. The lowest BCUT2D eigenvalue weighted by molar-refractivity contribution is -0.384. The first kappa shape index (κ1) is 44.3. The van der Waals surface area contributed by atoms with Crippen molar-refractivity contribution < 1.29 is 51.8 Å². The van der Waals surface area contributed by atoms with E-state index in [2.05, 4.69) is 10.3 Å². The van der Waals surface area contributed by atoms with Crippen LogP contribution in [0.2, 0.25) is 0 Å². The second-order valence-electron chi connectivity index (χ2n) is 16.8.